The highest BCUT2D eigenvalue weighted by Crippen LogP contribution is 2.30. The van der Waals surface area contributed by atoms with E-state index in [0.29, 0.717) is 33.3 Å². The third-order valence-electron chi connectivity index (χ3n) is 3.21. The van der Waals surface area contributed by atoms with E-state index in [9.17, 15) is 4.39 Å². The molecular formula is C15H11Cl2FN2O. The van der Waals surface area contributed by atoms with E-state index in [1.807, 2.05) is 12.1 Å². The van der Waals surface area contributed by atoms with E-state index in [4.69, 9.17) is 27.9 Å². The van der Waals surface area contributed by atoms with Crippen molar-refractivity contribution in [3.8, 4) is 11.4 Å². The summed E-state index contributed by atoms with van der Waals surface area (Å²) in [5.41, 5.74) is 1.66. The number of ether oxygens (including phenoxy) is 1. The Kier molecular flexibility index (Phi) is 3.74. The van der Waals surface area contributed by atoms with Gasteiger partial charge in [-0.1, -0.05) is 17.7 Å². The van der Waals surface area contributed by atoms with Crippen LogP contribution in [0.4, 0.5) is 4.39 Å². The maximum Gasteiger partial charge on any atom is 0.147 e. The molecule has 0 saturated carbocycles. The lowest BCUT2D eigenvalue weighted by Crippen LogP contribution is -2.02. The molecule has 0 aliphatic rings. The number of hydrogen-bond acceptors (Lipinski definition) is 2. The summed E-state index contributed by atoms with van der Waals surface area (Å²) < 4.78 is 21.1. The van der Waals surface area contributed by atoms with E-state index in [-0.39, 0.29) is 5.88 Å². The molecule has 0 unspecified atom stereocenters. The van der Waals surface area contributed by atoms with Crippen molar-refractivity contribution in [2.75, 3.05) is 7.11 Å². The molecule has 0 N–H and O–H groups in total. The maximum absolute atomic E-state index is 14.2. The lowest BCUT2D eigenvalue weighted by Gasteiger charge is -2.09. The van der Waals surface area contributed by atoms with Crippen molar-refractivity contribution >= 4 is 34.2 Å². The van der Waals surface area contributed by atoms with Gasteiger partial charge in [-0.3, -0.25) is 4.57 Å². The van der Waals surface area contributed by atoms with E-state index < -0.39 is 5.82 Å². The molecule has 0 radical (unpaired) electrons. The predicted octanol–water partition coefficient (Wildman–Crippen LogP) is 4.57. The van der Waals surface area contributed by atoms with Gasteiger partial charge in [-0.25, -0.2) is 9.37 Å². The predicted molar refractivity (Wildman–Crippen MR) is 82.1 cm³/mol. The van der Waals surface area contributed by atoms with Crippen molar-refractivity contribution < 1.29 is 9.13 Å². The molecule has 21 heavy (non-hydrogen) atoms. The minimum atomic E-state index is -0.395. The van der Waals surface area contributed by atoms with Crippen LogP contribution in [0.2, 0.25) is 5.02 Å². The first kappa shape index (κ1) is 14.2. The zero-order valence-electron chi connectivity index (χ0n) is 11.1. The smallest absolute Gasteiger partial charge is 0.147 e. The van der Waals surface area contributed by atoms with Crippen LogP contribution in [0.15, 0.2) is 36.4 Å². The molecule has 3 rings (SSSR count). The lowest BCUT2D eigenvalue weighted by molar-refractivity contribution is 0.419. The van der Waals surface area contributed by atoms with Crippen LogP contribution >= 0.6 is 23.2 Å². The molecular weight excluding hydrogens is 314 g/mol. The van der Waals surface area contributed by atoms with Gasteiger partial charge in [0.15, 0.2) is 0 Å². The number of para-hydroxylation sites is 1. The van der Waals surface area contributed by atoms with Gasteiger partial charge in [0.25, 0.3) is 0 Å². The SMILES string of the molecule is COc1cccc2c1nc(CCl)n2-c1cc(Cl)ccc1F. The molecule has 0 saturated heterocycles. The number of rotatable bonds is 3. The lowest BCUT2D eigenvalue weighted by atomic mass is 10.2. The first-order valence-corrected chi connectivity index (χ1v) is 7.12. The van der Waals surface area contributed by atoms with Crippen LogP contribution in [-0.4, -0.2) is 16.7 Å². The summed E-state index contributed by atoms with van der Waals surface area (Å²) in [6, 6.07) is 9.82. The van der Waals surface area contributed by atoms with Gasteiger partial charge in [0.2, 0.25) is 0 Å². The van der Waals surface area contributed by atoms with E-state index >= 15 is 0 Å². The molecule has 0 spiro atoms. The number of nitrogens with zero attached hydrogens (tertiary/aromatic N) is 2. The summed E-state index contributed by atoms with van der Waals surface area (Å²) in [6.07, 6.45) is 0. The summed E-state index contributed by atoms with van der Waals surface area (Å²) in [5.74, 6) is 0.884. The average molecular weight is 325 g/mol. The van der Waals surface area contributed by atoms with Gasteiger partial charge in [0.05, 0.1) is 24.2 Å². The molecule has 3 nitrogen and oxygen atoms in total. The molecule has 1 heterocycles. The number of benzene rings is 2. The van der Waals surface area contributed by atoms with Crippen LogP contribution in [0.5, 0.6) is 5.75 Å². The molecule has 0 amide bonds. The summed E-state index contributed by atoms with van der Waals surface area (Å²) in [6.45, 7) is 0. The Morgan fingerprint density at radius 1 is 1.29 bits per heavy atom. The molecule has 108 valence electrons. The second-order valence-corrected chi connectivity index (χ2v) is 5.12. The largest absolute Gasteiger partial charge is 0.494 e. The summed E-state index contributed by atoms with van der Waals surface area (Å²) in [7, 11) is 1.56. The van der Waals surface area contributed by atoms with Gasteiger partial charge in [-0.05, 0) is 30.3 Å². The van der Waals surface area contributed by atoms with Gasteiger partial charge in [-0.15, -0.1) is 11.6 Å². The highest BCUT2D eigenvalue weighted by molar-refractivity contribution is 6.30. The third kappa shape index (κ3) is 2.34. The van der Waals surface area contributed by atoms with Crippen molar-refractivity contribution in [3.63, 3.8) is 0 Å². The minimum absolute atomic E-state index is 0.143. The highest BCUT2D eigenvalue weighted by Gasteiger charge is 2.17. The Hall–Kier alpha value is -1.78. The number of halogens is 3. The second-order valence-electron chi connectivity index (χ2n) is 4.42. The Morgan fingerprint density at radius 2 is 2.10 bits per heavy atom. The molecule has 0 aliphatic carbocycles. The molecule has 0 aliphatic heterocycles. The van der Waals surface area contributed by atoms with E-state index in [2.05, 4.69) is 4.98 Å². The molecule has 0 atom stereocenters. The minimum Gasteiger partial charge on any atom is -0.494 e. The Labute approximate surface area is 130 Å². The number of fused-ring (bicyclic) bond motifs is 1. The third-order valence-corrected chi connectivity index (χ3v) is 3.68. The first-order valence-electron chi connectivity index (χ1n) is 6.21. The van der Waals surface area contributed by atoms with Gasteiger partial charge in [0.1, 0.15) is 22.9 Å². The Balaban J connectivity index is 2.38. The first-order chi connectivity index (χ1) is 10.2. The second kappa shape index (κ2) is 5.54. The van der Waals surface area contributed by atoms with Crippen molar-refractivity contribution in [1.29, 1.82) is 0 Å². The maximum atomic E-state index is 14.2. The summed E-state index contributed by atoms with van der Waals surface area (Å²) in [4.78, 5) is 4.45. The number of imidazole rings is 1. The number of methoxy groups -OCH3 is 1. The Morgan fingerprint density at radius 3 is 2.81 bits per heavy atom. The quantitative estimate of drug-likeness (QED) is 0.660. The van der Waals surface area contributed by atoms with Crippen molar-refractivity contribution in [3.05, 3.63) is 53.1 Å². The van der Waals surface area contributed by atoms with Gasteiger partial charge in [-0.2, -0.15) is 0 Å². The Bertz CT molecular complexity index is 817. The highest BCUT2D eigenvalue weighted by atomic mass is 35.5. The fourth-order valence-corrected chi connectivity index (χ4v) is 2.65. The number of alkyl halides is 1. The fourth-order valence-electron chi connectivity index (χ4n) is 2.30. The number of hydrogen-bond donors (Lipinski definition) is 0. The van der Waals surface area contributed by atoms with Crippen LogP contribution in [0.25, 0.3) is 16.7 Å². The molecule has 2 aromatic carbocycles. The van der Waals surface area contributed by atoms with E-state index in [1.165, 1.54) is 12.1 Å². The van der Waals surface area contributed by atoms with Crippen molar-refractivity contribution in [2.24, 2.45) is 0 Å². The van der Waals surface area contributed by atoms with Gasteiger partial charge >= 0.3 is 0 Å². The van der Waals surface area contributed by atoms with Crippen LogP contribution < -0.4 is 4.74 Å². The molecule has 6 heteroatoms. The van der Waals surface area contributed by atoms with Crippen LogP contribution in [0.3, 0.4) is 0 Å². The fraction of sp³-hybridized carbons (Fsp3) is 0.133. The van der Waals surface area contributed by atoms with E-state index in [1.54, 1.807) is 23.8 Å². The zero-order valence-corrected chi connectivity index (χ0v) is 12.6. The van der Waals surface area contributed by atoms with Crippen molar-refractivity contribution in [2.45, 2.75) is 5.88 Å². The van der Waals surface area contributed by atoms with Gasteiger partial charge < -0.3 is 4.74 Å². The monoisotopic (exact) mass is 324 g/mol. The zero-order chi connectivity index (χ0) is 15.0. The normalized spacial score (nSPS) is 11.0. The van der Waals surface area contributed by atoms with Crippen LogP contribution in [-0.2, 0) is 5.88 Å². The number of aromatic nitrogens is 2. The molecule has 1 aromatic heterocycles. The molecule has 0 fully saturated rings. The summed E-state index contributed by atoms with van der Waals surface area (Å²) in [5, 5.41) is 0.441. The van der Waals surface area contributed by atoms with Gasteiger partial charge in [0, 0.05) is 5.02 Å². The topological polar surface area (TPSA) is 27.1 Å². The molecule has 0 bridgehead atoms. The van der Waals surface area contributed by atoms with Crippen LogP contribution in [0, 0.1) is 5.82 Å². The standard InChI is InChI=1S/C15H11Cl2FN2O/c1-21-13-4-2-3-11-15(13)19-14(8-16)20(11)12-7-9(17)5-6-10(12)18/h2-7H,8H2,1H3. The van der Waals surface area contributed by atoms with Crippen LogP contribution in [0.1, 0.15) is 5.82 Å². The van der Waals surface area contributed by atoms with E-state index in [0.717, 1.165) is 0 Å². The summed E-state index contributed by atoms with van der Waals surface area (Å²) >= 11 is 11.9. The van der Waals surface area contributed by atoms with Crippen molar-refractivity contribution in [1.82, 2.24) is 9.55 Å². The molecule has 3 aromatic rings. The average Bonchev–Trinajstić information content (AvgIpc) is 2.88.